The summed E-state index contributed by atoms with van der Waals surface area (Å²) in [5.41, 5.74) is 2.48. The Balaban J connectivity index is 1.25. The van der Waals surface area contributed by atoms with E-state index < -0.39 is 0 Å². The number of halogens is 1. The largest absolute Gasteiger partial charge is 0.422 e. The van der Waals surface area contributed by atoms with Crippen LogP contribution in [0.4, 0.5) is 6.01 Å². The second-order valence-electron chi connectivity index (χ2n) is 6.75. The molecule has 0 unspecified atom stereocenters. The molecule has 1 aromatic carbocycles. The number of piperidine rings is 1. The number of carbonyl (C=O) groups excluding carboxylic acids is 1. The highest BCUT2D eigenvalue weighted by atomic mass is 35.5. The summed E-state index contributed by atoms with van der Waals surface area (Å²) in [6.07, 6.45) is 4.09. The van der Waals surface area contributed by atoms with Crippen molar-refractivity contribution in [2.75, 3.05) is 24.5 Å². The zero-order valence-corrected chi connectivity index (χ0v) is 15.7. The summed E-state index contributed by atoms with van der Waals surface area (Å²) in [4.78, 5) is 23.1. The molecule has 0 aliphatic carbocycles. The maximum absolute atomic E-state index is 12.4. The molecule has 27 heavy (non-hydrogen) atoms. The summed E-state index contributed by atoms with van der Waals surface area (Å²) in [6, 6.07) is 12.0. The normalized spacial score (nSPS) is 15.2. The highest BCUT2D eigenvalue weighted by molar-refractivity contribution is 6.30. The summed E-state index contributed by atoms with van der Waals surface area (Å²) in [5, 5.41) is 3.78. The number of benzene rings is 1. The number of anilines is 1. The number of aromatic nitrogens is 2. The van der Waals surface area contributed by atoms with E-state index in [1.54, 1.807) is 6.20 Å². The second kappa shape index (κ2) is 7.96. The van der Waals surface area contributed by atoms with Gasteiger partial charge in [-0.15, -0.1) is 0 Å². The van der Waals surface area contributed by atoms with E-state index >= 15 is 0 Å². The van der Waals surface area contributed by atoms with Crippen LogP contribution >= 0.6 is 11.6 Å². The number of nitrogens with zero attached hydrogens (tertiary/aromatic N) is 3. The van der Waals surface area contributed by atoms with Gasteiger partial charge in [0.05, 0.1) is 0 Å². The maximum Gasteiger partial charge on any atom is 0.299 e. The number of pyridine rings is 1. The molecule has 1 aliphatic rings. The minimum Gasteiger partial charge on any atom is -0.422 e. The molecule has 0 spiro atoms. The molecule has 0 radical (unpaired) electrons. The summed E-state index contributed by atoms with van der Waals surface area (Å²) in [6.45, 7) is 2.14. The minimum absolute atomic E-state index is 0.0361. The van der Waals surface area contributed by atoms with Crippen LogP contribution in [-0.2, 0) is 11.2 Å². The lowest BCUT2D eigenvalue weighted by Gasteiger charge is -2.30. The number of carbonyl (C=O) groups is 1. The van der Waals surface area contributed by atoms with Crippen molar-refractivity contribution in [3.63, 3.8) is 0 Å². The topological polar surface area (TPSA) is 71.3 Å². The quantitative estimate of drug-likeness (QED) is 0.729. The molecule has 0 saturated carbocycles. The number of hydrogen-bond acceptors (Lipinski definition) is 5. The van der Waals surface area contributed by atoms with Gasteiger partial charge in [0.15, 0.2) is 5.58 Å². The molecule has 2 aromatic heterocycles. The van der Waals surface area contributed by atoms with Crippen molar-refractivity contribution in [3.8, 4) is 0 Å². The Bertz CT molecular complexity index is 884. The van der Waals surface area contributed by atoms with Gasteiger partial charge in [-0.25, -0.2) is 4.98 Å². The Kier molecular flexibility index (Phi) is 5.25. The molecule has 3 heterocycles. The number of hydrogen-bond donors (Lipinski definition) is 1. The lowest BCUT2D eigenvalue weighted by atomic mass is 9.96. The zero-order chi connectivity index (χ0) is 18.6. The van der Waals surface area contributed by atoms with E-state index in [4.69, 9.17) is 16.0 Å². The predicted molar refractivity (Wildman–Crippen MR) is 105 cm³/mol. The molecule has 1 amide bonds. The molecule has 1 aliphatic heterocycles. The van der Waals surface area contributed by atoms with Gasteiger partial charge in [0.1, 0.15) is 0 Å². The molecule has 140 valence electrons. The van der Waals surface area contributed by atoms with E-state index in [-0.39, 0.29) is 11.8 Å². The first kappa shape index (κ1) is 17.8. The Hall–Kier alpha value is -2.60. The molecule has 3 aromatic rings. The van der Waals surface area contributed by atoms with Crippen LogP contribution in [0.3, 0.4) is 0 Å². The molecular weight excluding hydrogens is 364 g/mol. The molecule has 1 fully saturated rings. The van der Waals surface area contributed by atoms with Gasteiger partial charge < -0.3 is 14.6 Å². The molecule has 1 N–H and O–H groups in total. The SMILES string of the molecule is O=C(NCCc1ccc(Cl)cc1)C1CCN(c2nc3ncccc3o2)CC1. The molecule has 0 atom stereocenters. The zero-order valence-electron chi connectivity index (χ0n) is 14.9. The Morgan fingerprint density at radius 3 is 2.74 bits per heavy atom. The number of nitrogens with one attached hydrogen (secondary N) is 1. The fourth-order valence-electron chi connectivity index (χ4n) is 3.35. The summed E-state index contributed by atoms with van der Waals surface area (Å²) < 4.78 is 5.77. The van der Waals surface area contributed by atoms with E-state index in [9.17, 15) is 4.79 Å². The molecule has 6 nitrogen and oxygen atoms in total. The first-order valence-electron chi connectivity index (χ1n) is 9.18. The van der Waals surface area contributed by atoms with Crippen molar-refractivity contribution in [3.05, 3.63) is 53.2 Å². The minimum atomic E-state index is 0.0361. The fraction of sp³-hybridized carbons (Fsp3) is 0.350. The molecule has 1 saturated heterocycles. The van der Waals surface area contributed by atoms with Crippen molar-refractivity contribution >= 4 is 34.8 Å². The van der Waals surface area contributed by atoms with E-state index in [2.05, 4.69) is 20.2 Å². The molecular formula is C20H21ClN4O2. The number of rotatable bonds is 5. The van der Waals surface area contributed by atoms with E-state index in [0.717, 1.165) is 37.4 Å². The van der Waals surface area contributed by atoms with Crippen molar-refractivity contribution < 1.29 is 9.21 Å². The van der Waals surface area contributed by atoms with Gasteiger partial charge in [-0.3, -0.25) is 4.79 Å². The van der Waals surface area contributed by atoms with Gasteiger partial charge in [-0.1, -0.05) is 23.7 Å². The summed E-state index contributed by atoms with van der Waals surface area (Å²) in [7, 11) is 0. The van der Waals surface area contributed by atoms with E-state index in [0.29, 0.717) is 23.8 Å². The van der Waals surface area contributed by atoms with Gasteiger partial charge in [-0.05, 0) is 49.1 Å². The third-order valence-corrected chi connectivity index (χ3v) is 5.17. The van der Waals surface area contributed by atoms with Gasteiger partial charge in [0.25, 0.3) is 6.01 Å². The summed E-state index contributed by atoms with van der Waals surface area (Å²) in [5.74, 6) is 0.164. The Morgan fingerprint density at radius 2 is 2.00 bits per heavy atom. The smallest absolute Gasteiger partial charge is 0.299 e. The second-order valence-corrected chi connectivity index (χ2v) is 7.19. The first-order valence-corrected chi connectivity index (χ1v) is 9.55. The Morgan fingerprint density at radius 1 is 1.22 bits per heavy atom. The van der Waals surface area contributed by atoms with Gasteiger partial charge in [0, 0.05) is 36.8 Å². The van der Waals surface area contributed by atoms with Crippen LogP contribution in [0.25, 0.3) is 11.2 Å². The lowest BCUT2D eigenvalue weighted by molar-refractivity contribution is -0.125. The molecule has 4 rings (SSSR count). The average Bonchev–Trinajstić information content (AvgIpc) is 3.14. The van der Waals surface area contributed by atoms with Crippen LogP contribution < -0.4 is 10.2 Å². The highest BCUT2D eigenvalue weighted by Crippen LogP contribution is 2.25. The summed E-state index contributed by atoms with van der Waals surface area (Å²) >= 11 is 5.89. The average molecular weight is 385 g/mol. The van der Waals surface area contributed by atoms with Gasteiger partial charge in [0.2, 0.25) is 11.6 Å². The maximum atomic E-state index is 12.4. The van der Waals surface area contributed by atoms with E-state index in [1.165, 1.54) is 5.56 Å². The number of fused-ring (bicyclic) bond motifs is 1. The van der Waals surface area contributed by atoms with Gasteiger partial charge in [-0.2, -0.15) is 4.98 Å². The van der Waals surface area contributed by atoms with Crippen molar-refractivity contribution in [1.82, 2.24) is 15.3 Å². The monoisotopic (exact) mass is 384 g/mol. The van der Waals surface area contributed by atoms with Crippen LogP contribution in [0.15, 0.2) is 47.0 Å². The number of oxazole rings is 1. The van der Waals surface area contributed by atoms with Crippen LogP contribution in [0.1, 0.15) is 18.4 Å². The number of amides is 1. The standard InChI is InChI=1S/C20H21ClN4O2/c21-16-5-3-14(4-6-16)7-11-23-19(26)15-8-12-25(13-9-15)20-24-18-17(27-20)2-1-10-22-18/h1-6,10,15H,7-9,11-13H2,(H,23,26). The Labute approximate surface area is 162 Å². The molecule has 0 bridgehead atoms. The van der Waals surface area contributed by atoms with Crippen molar-refractivity contribution in [2.45, 2.75) is 19.3 Å². The van der Waals surface area contributed by atoms with Crippen LogP contribution in [0.2, 0.25) is 5.02 Å². The van der Waals surface area contributed by atoms with E-state index in [1.807, 2.05) is 36.4 Å². The first-order chi connectivity index (χ1) is 13.2. The van der Waals surface area contributed by atoms with Crippen LogP contribution in [-0.4, -0.2) is 35.5 Å². The predicted octanol–water partition coefficient (Wildman–Crippen LogP) is 3.45. The lowest BCUT2D eigenvalue weighted by Crippen LogP contribution is -2.41. The van der Waals surface area contributed by atoms with Crippen molar-refractivity contribution in [2.24, 2.45) is 5.92 Å². The van der Waals surface area contributed by atoms with Gasteiger partial charge >= 0.3 is 0 Å². The molecule has 7 heteroatoms. The van der Waals surface area contributed by atoms with Crippen LogP contribution in [0, 0.1) is 5.92 Å². The highest BCUT2D eigenvalue weighted by Gasteiger charge is 2.27. The van der Waals surface area contributed by atoms with Crippen LogP contribution in [0.5, 0.6) is 0 Å². The third-order valence-electron chi connectivity index (χ3n) is 4.92. The van der Waals surface area contributed by atoms with Crippen molar-refractivity contribution in [1.29, 1.82) is 0 Å². The fourth-order valence-corrected chi connectivity index (χ4v) is 3.48. The third kappa shape index (κ3) is 4.22.